The first-order chi connectivity index (χ1) is 10.9. The zero-order valence-electron chi connectivity index (χ0n) is 13.9. The molecule has 4 heteroatoms. The van der Waals surface area contributed by atoms with E-state index in [1.807, 2.05) is 26.8 Å². The van der Waals surface area contributed by atoms with Gasteiger partial charge in [0.2, 0.25) is 0 Å². The van der Waals surface area contributed by atoms with Crippen LogP contribution in [-0.4, -0.2) is 27.9 Å². The Kier molecular flexibility index (Phi) is 5.64. The minimum absolute atomic E-state index is 0.0990. The van der Waals surface area contributed by atoms with Gasteiger partial charge in [-0.15, -0.1) is 0 Å². The van der Waals surface area contributed by atoms with Gasteiger partial charge in [0.15, 0.2) is 0 Å². The van der Waals surface area contributed by atoms with Crippen molar-refractivity contribution < 1.29 is 15.3 Å². The van der Waals surface area contributed by atoms with Crippen LogP contribution in [0, 0.1) is 13.8 Å². The Morgan fingerprint density at radius 1 is 1.00 bits per heavy atom. The van der Waals surface area contributed by atoms with Gasteiger partial charge in [0.1, 0.15) is 11.5 Å². The summed E-state index contributed by atoms with van der Waals surface area (Å²) in [6, 6.07) is 10.3. The van der Waals surface area contributed by atoms with Crippen LogP contribution in [0.5, 0.6) is 11.5 Å². The number of aromatic hydroxyl groups is 2. The van der Waals surface area contributed by atoms with Crippen molar-refractivity contribution in [2.24, 2.45) is 0 Å². The van der Waals surface area contributed by atoms with Gasteiger partial charge < -0.3 is 20.6 Å². The van der Waals surface area contributed by atoms with Crippen LogP contribution in [0.2, 0.25) is 0 Å². The number of nitrogens with one attached hydrogen (secondary N) is 1. The van der Waals surface area contributed by atoms with Crippen LogP contribution < -0.4 is 5.32 Å². The summed E-state index contributed by atoms with van der Waals surface area (Å²) in [7, 11) is 0. The quantitative estimate of drug-likeness (QED) is 0.661. The molecule has 0 amide bonds. The molecule has 0 saturated heterocycles. The van der Waals surface area contributed by atoms with Gasteiger partial charge in [-0.05, 0) is 74.2 Å². The van der Waals surface area contributed by atoms with Gasteiger partial charge in [0.05, 0.1) is 6.10 Å². The van der Waals surface area contributed by atoms with Crippen LogP contribution in [0.25, 0.3) is 0 Å². The molecule has 0 heterocycles. The zero-order valence-corrected chi connectivity index (χ0v) is 13.9. The summed E-state index contributed by atoms with van der Waals surface area (Å²) in [5.41, 5.74) is 3.92. The number of aryl methyl sites for hydroxylation is 2. The minimum atomic E-state index is -0.627. The van der Waals surface area contributed by atoms with Gasteiger partial charge in [0, 0.05) is 6.04 Å². The monoisotopic (exact) mass is 315 g/mol. The molecule has 2 atom stereocenters. The van der Waals surface area contributed by atoms with Gasteiger partial charge in [-0.2, -0.15) is 0 Å². The van der Waals surface area contributed by atoms with Crippen molar-refractivity contribution in [1.29, 1.82) is 0 Å². The number of benzene rings is 2. The number of hydrogen-bond acceptors (Lipinski definition) is 4. The highest BCUT2D eigenvalue weighted by atomic mass is 16.3. The van der Waals surface area contributed by atoms with E-state index in [2.05, 4.69) is 5.32 Å². The second-order valence-corrected chi connectivity index (χ2v) is 6.09. The summed E-state index contributed by atoms with van der Waals surface area (Å²) in [5.74, 6) is 0.523. The van der Waals surface area contributed by atoms with E-state index in [-0.39, 0.29) is 11.8 Å². The zero-order chi connectivity index (χ0) is 17.0. The number of aliphatic hydroxyl groups excluding tert-OH is 1. The Balaban J connectivity index is 1.90. The van der Waals surface area contributed by atoms with Gasteiger partial charge in [-0.25, -0.2) is 0 Å². The van der Waals surface area contributed by atoms with Gasteiger partial charge in [-0.1, -0.05) is 18.2 Å². The molecule has 0 aliphatic carbocycles. The highest BCUT2D eigenvalue weighted by Crippen LogP contribution is 2.22. The molecule has 0 radical (unpaired) electrons. The maximum absolute atomic E-state index is 10.3. The van der Waals surface area contributed by atoms with Crippen LogP contribution in [0.3, 0.4) is 0 Å². The third kappa shape index (κ3) is 4.47. The largest absolute Gasteiger partial charge is 0.508 e. The second kappa shape index (κ2) is 7.49. The van der Waals surface area contributed by atoms with E-state index in [1.54, 1.807) is 30.3 Å². The average molecular weight is 315 g/mol. The summed E-state index contributed by atoms with van der Waals surface area (Å²) < 4.78 is 0. The van der Waals surface area contributed by atoms with Crippen LogP contribution in [-0.2, 0) is 6.42 Å². The van der Waals surface area contributed by atoms with Gasteiger partial charge >= 0.3 is 0 Å². The van der Waals surface area contributed by atoms with Crippen molar-refractivity contribution in [3.05, 3.63) is 58.7 Å². The molecular formula is C19H25NO3. The molecule has 0 fully saturated rings. The molecule has 0 bridgehead atoms. The molecule has 0 aromatic heterocycles. The maximum Gasteiger partial charge on any atom is 0.118 e. The molecule has 2 rings (SSSR count). The second-order valence-electron chi connectivity index (χ2n) is 6.09. The number of phenolic OH excluding ortho intramolecular Hbond substituents is 2. The lowest BCUT2D eigenvalue weighted by molar-refractivity contribution is 0.136. The molecule has 0 spiro atoms. The molecule has 0 aliphatic rings. The molecule has 23 heavy (non-hydrogen) atoms. The number of hydrogen-bond donors (Lipinski definition) is 4. The van der Waals surface area contributed by atoms with Crippen molar-refractivity contribution in [3.8, 4) is 11.5 Å². The van der Waals surface area contributed by atoms with Crippen molar-refractivity contribution >= 4 is 0 Å². The summed E-state index contributed by atoms with van der Waals surface area (Å²) >= 11 is 0. The molecular weight excluding hydrogens is 290 g/mol. The molecule has 2 aromatic rings. The lowest BCUT2D eigenvalue weighted by Crippen LogP contribution is -2.33. The smallest absolute Gasteiger partial charge is 0.118 e. The molecule has 4 N–H and O–H groups in total. The molecule has 0 unspecified atom stereocenters. The Bertz CT molecular complexity index is 652. The van der Waals surface area contributed by atoms with E-state index >= 15 is 0 Å². The fourth-order valence-corrected chi connectivity index (χ4v) is 2.64. The van der Waals surface area contributed by atoms with Crippen molar-refractivity contribution in [2.45, 2.75) is 39.3 Å². The van der Waals surface area contributed by atoms with E-state index in [0.717, 1.165) is 29.7 Å². The average Bonchev–Trinajstić information content (AvgIpc) is 2.52. The lowest BCUT2D eigenvalue weighted by Gasteiger charge is -2.21. The third-order valence-corrected chi connectivity index (χ3v) is 4.22. The number of phenols is 2. The SMILES string of the molecule is Cc1cc(CCN[C@@H](C)[C@H](O)c2ccc(O)cc2)c(C)cc1O. The normalized spacial score (nSPS) is 13.7. The Morgan fingerprint density at radius 2 is 1.65 bits per heavy atom. The van der Waals surface area contributed by atoms with Crippen LogP contribution in [0.15, 0.2) is 36.4 Å². The molecule has 0 aliphatic heterocycles. The minimum Gasteiger partial charge on any atom is -0.508 e. The fourth-order valence-electron chi connectivity index (χ4n) is 2.64. The van der Waals surface area contributed by atoms with Crippen molar-refractivity contribution in [1.82, 2.24) is 5.32 Å². The van der Waals surface area contributed by atoms with E-state index in [9.17, 15) is 15.3 Å². The first kappa shape index (κ1) is 17.3. The molecule has 0 saturated carbocycles. The maximum atomic E-state index is 10.3. The Morgan fingerprint density at radius 3 is 2.30 bits per heavy atom. The summed E-state index contributed by atoms with van der Waals surface area (Å²) in [5, 5.41) is 32.7. The van der Waals surface area contributed by atoms with Crippen molar-refractivity contribution in [3.63, 3.8) is 0 Å². The molecule has 2 aromatic carbocycles. The summed E-state index contributed by atoms with van der Waals surface area (Å²) in [6.45, 7) is 6.56. The molecule has 4 nitrogen and oxygen atoms in total. The summed E-state index contributed by atoms with van der Waals surface area (Å²) in [4.78, 5) is 0. The van der Waals surface area contributed by atoms with Crippen LogP contribution in [0.1, 0.15) is 35.3 Å². The van der Waals surface area contributed by atoms with Crippen LogP contribution >= 0.6 is 0 Å². The van der Waals surface area contributed by atoms with E-state index in [4.69, 9.17) is 0 Å². The standard InChI is InChI=1S/C19H25NO3/c1-12-11-18(22)13(2)10-16(12)8-9-20-14(3)19(23)15-4-6-17(21)7-5-15/h4-7,10-11,14,19-23H,8-9H2,1-3H3/t14-,19-/m0/s1. The predicted octanol–water partition coefficient (Wildman–Crippen LogP) is 2.97. The van der Waals surface area contributed by atoms with Gasteiger partial charge in [-0.3, -0.25) is 0 Å². The lowest BCUT2D eigenvalue weighted by atomic mass is 10.0. The third-order valence-electron chi connectivity index (χ3n) is 4.22. The highest BCUT2D eigenvalue weighted by molar-refractivity contribution is 5.40. The van der Waals surface area contributed by atoms with E-state index in [1.165, 1.54) is 5.56 Å². The fraction of sp³-hybridized carbons (Fsp3) is 0.368. The Labute approximate surface area is 137 Å². The van der Waals surface area contributed by atoms with E-state index < -0.39 is 6.10 Å². The van der Waals surface area contributed by atoms with Crippen molar-refractivity contribution in [2.75, 3.05) is 6.54 Å². The van der Waals surface area contributed by atoms with Gasteiger partial charge in [0.25, 0.3) is 0 Å². The highest BCUT2D eigenvalue weighted by Gasteiger charge is 2.15. The first-order valence-electron chi connectivity index (χ1n) is 7.88. The van der Waals surface area contributed by atoms with Crippen LogP contribution in [0.4, 0.5) is 0 Å². The van der Waals surface area contributed by atoms with E-state index in [0.29, 0.717) is 5.75 Å². The number of aliphatic hydroxyl groups is 1. The first-order valence-corrected chi connectivity index (χ1v) is 7.88. The topological polar surface area (TPSA) is 72.7 Å². The predicted molar refractivity (Wildman–Crippen MR) is 91.8 cm³/mol. The summed E-state index contributed by atoms with van der Waals surface area (Å²) in [6.07, 6.45) is 0.206. The Hall–Kier alpha value is -2.04. The molecule has 124 valence electrons. The number of rotatable bonds is 6.